The van der Waals surface area contributed by atoms with E-state index >= 15 is 0 Å². The second kappa shape index (κ2) is 6.86. The maximum absolute atomic E-state index is 12.5. The first kappa shape index (κ1) is 17.1. The third-order valence-corrected chi connectivity index (χ3v) is 4.53. The molecule has 0 aromatic rings. The van der Waals surface area contributed by atoms with Gasteiger partial charge in [-0.05, 0) is 46.5 Å². The van der Waals surface area contributed by atoms with Crippen molar-refractivity contribution in [1.82, 2.24) is 15.5 Å². The van der Waals surface area contributed by atoms with E-state index in [9.17, 15) is 9.59 Å². The highest BCUT2D eigenvalue weighted by atomic mass is 16.5. The summed E-state index contributed by atoms with van der Waals surface area (Å²) in [5.74, 6) is 0.217. The van der Waals surface area contributed by atoms with Crippen LogP contribution < -0.4 is 10.6 Å². The zero-order valence-electron chi connectivity index (χ0n) is 14.1. The molecule has 1 aliphatic heterocycles. The molecule has 1 heterocycles. The number of carbonyl (C=O) groups is 2. The average Bonchev–Trinajstić information content (AvgIpc) is 2.45. The SMILES string of the molecule is CNC(=O)C1CCC(NC(=O)N2CC(C)OC(C)(C)C2)CC1. The lowest BCUT2D eigenvalue weighted by molar-refractivity contribution is -0.125. The quantitative estimate of drug-likeness (QED) is 0.812. The van der Waals surface area contributed by atoms with E-state index in [1.165, 1.54) is 0 Å². The predicted molar refractivity (Wildman–Crippen MR) is 84.5 cm³/mol. The fraction of sp³-hybridized carbons (Fsp3) is 0.875. The molecule has 0 aromatic carbocycles. The highest BCUT2D eigenvalue weighted by Gasteiger charge is 2.35. The number of hydrogen-bond donors (Lipinski definition) is 2. The Bertz CT molecular complexity index is 417. The van der Waals surface area contributed by atoms with Crippen molar-refractivity contribution >= 4 is 11.9 Å². The Labute approximate surface area is 132 Å². The van der Waals surface area contributed by atoms with Crippen molar-refractivity contribution in [2.24, 2.45) is 5.92 Å². The van der Waals surface area contributed by atoms with Crippen LogP contribution >= 0.6 is 0 Å². The summed E-state index contributed by atoms with van der Waals surface area (Å²) in [4.78, 5) is 25.9. The number of morpholine rings is 1. The monoisotopic (exact) mass is 311 g/mol. The van der Waals surface area contributed by atoms with Crippen LogP contribution in [0, 0.1) is 5.92 Å². The van der Waals surface area contributed by atoms with Gasteiger partial charge in [-0.3, -0.25) is 4.79 Å². The van der Waals surface area contributed by atoms with Gasteiger partial charge in [0, 0.05) is 25.6 Å². The molecule has 2 aliphatic rings. The lowest BCUT2D eigenvalue weighted by Gasteiger charge is -2.42. The number of urea groups is 1. The van der Waals surface area contributed by atoms with Gasteiger partial charge in [-0.15, -0.1) is 0 Å². The van der Waals surface area contributed by atoms with Gasteiger partial charge in [-0.25, -0.2) is 4.79 Å². The zero-order chi connectivity index (χ0) is 16.3. The molecule has 0 spiro atoms. The summed E-state index contributed by atoms with van der Waals surface area (Å²) < 4.78 is 5.83. The fourth-order valence-electron chi connectivity index (χ4n) is 3.58. The van der Waals surface area contributed by atoms with Gasteiger partial charge in [0.25, 0.3) is 0 Å². The van der Waals surface area contributed by atoms with E-state index in [4.69, 9.17) is 4.74 Å². The van der Waals surface area contributed by atoms with Crippen LogP contribution in [0.5, 0.6) is 0 Å². The molecule has 22 heavy (non-hydrogen) atoms. The first-order chi connectivity index (χ1) is 10.3. The maximum Gasteiger partial charge on any atom is 0.317 e. The van der Waals surface area contributed by atoms with Crippen LogP contribution in [0.25, 0.3) is 0 Å². The van der Waals surface area contributed by atoms with E-state index in [1.807, 2.05) is 25.7 Å². The first-order valence-electron chi connectivity index (χ1n) is 8.25. The molecule has 1 saturated carbocycles. The molecule has 2 fully saturated rings. The molecule has 0 radical (unpaired) electrons. The van der Waals surface area contributed by atoms with Crippen molar-refractivity contribution in [2.75, 3.05) is 20.1 Å². The van der Waals surface area contributed by atoms with Crippen LogP contribution in [0.4, 0.5) is 4.79 Å². The lowest BCUT2D eigenvalue weighted by atomic mass is 9.85. The lowest BCUT2D eigenvalue weighted by Crippen LogP contribution is -2.57. The Morgan fingerprint density at radius 3 is 2.36 bits per heavy atom. The molecule has 1 atom stereocenters. The molecule has 2 N–H and O–H groups in total. The Kier molecular flexibility index (Phi) is 5.32. The molecule has 1 unspecified atom stereocenters. The molecule has 0 bridgehead atoms. The summed E-state index contributed by atoms with van der Waals surface area (Å²) in [6.07, 6.45) is 3.48. The molecule has 3 amide bonds. The molecule has 1 saturated heterocycles. The smallest absolute Gasteiger partial charge is 0.317 e. The van der Waals surface area contributed by atoms with Crippen LogP contribution in [-0.2, 0) is 9.53 Å². The van der Waals surface area contributed by atoms with E-state index < -0.39 is 0 Å². The largest absolute Gasteiger partial charge is 0.369 e. The second-order valence-electron chi connectivity index (χ2n) is 7.18. The van der Waals surface area contributed by atoms with Crippen molar-refractivity contribution in [3.05, 3.63) is 0 Å². The highest BCUT2D eigenvalue weighted by Crippen LogP contribution is 2.25. The van der Waals surface area contributed by atoms with Gasteiger partial charge in [0.2, 0.25) is 5.91 Å². The standard InChI is InChI=1S/C16H29N3O3/c1-11-9-19(10-16(2,3)22-11)15(21)18-13-7-5-12(6-8-13)14(20)17-4/h11-13H,5-10H2,1-4H3,(H,17,20)(H,18,21). The summed E-state index contributed by atoms with van der Waals surface area (Å²) >= 11 is 0. The van der Waals surface area contributed by atoms with Crippen LogP contribution in [-0.4, -0.2) is 54.7 Å². The van der Waals surface area contributed by atoms with Gasteiger partial charge in [0.05, 0.1) is 18.2 Å². The van der Waals surface area contributed by atoms with Crippen molar-refractivity contribution < 1.29 is 14.3 Å². The number of amides is 3. The van der Waals surface area contributed by atoms with Gasteiger partial charge in [-0.2, -0.15) is 0 Å². The minimum absolute atomic E-state index is 0.00776. The molecule has 126 valence electrons. The summed E-state index contributed by atoms with van der Waals surface area (Å²) in [7, 11) is 1.68. The van der Waals surface area contributed by atoms with Crippen molar-refractivity contribution in [3.63, 3.8) is 0 Å². The second-order valence-corrected chi connectivity index (χ2v) is 7.18. The number of hydrogen-bond acceptors (Lipinski definition) is 3. The molecule has 1 aliphatic carbocycles. The Morgan fingerprint density at radius 1 is 1.18 bits per heavy atom. The third kappa shape index (κ3) is 4.35. The Morgan fingerprint density at radius 2 is 1.82 bits per heavy atom. The van der Waals surface area contributed by atoms with Gasteiger partial charge in [0.1, 0.15) is 0 Å². The Balaban J connectivity index is 1.82. The van der Waals surface area contributed by atoms with Gasteiger partial charge in [0.15, 0.2) is 0 Å². The number of nitrogens with zero attached hydrogens (tertiary/aromatic N) is 1. The normalized spacial score (nSPS) is 31.5. The highest BCUT2D eigenvalue weighted by molar-refractivity contribution is 5.78. The number of ether oxygens (including phenoxy) is 1. The van der Waals surface area contributed by atoms with E-state index in [0.29, 0.717) is 13.1 Å². The third-order valence-electron chi connectivity index (χ3n) is 4.53. The summed E-state index contributed by atoms with van der Waals surface area (Å²) in [6, 6.07) is 0.168. The number of carbonyl (C=O) groups excluding carboxylic acids is 2. The van der Waals surface area contributed by atoms with Crippen molar-refractivity contribution in [3.8, 4) is 0 Å². The molecular formula is C16H29N3O3. The first-order valence-corrected chi connectivity index (χ1v) is 8.25. The van der Waals surface area contributed by atoms with Crippen LogP contribution in [0.2, 0.25) is 0 Å². The topological polar surface area (TPSA) is 70.7 Å². The summed E-state index contributed by atoms with van der Waals surface area (Å²) in [5, 5.41) is 5.83. The average molecular weight is 311 g/mol. The summed E-state index contributed by atoms with van der Waals surface area (Å²) in [6.45, 7) is 7.25. The molecule has 6 heteroatoms. The van der Waals surface area contributed by atoms with E-state index in [0.717, 1.165) is 25.7 Å². The molecule has 0 aromatic heterocycles. The molecule has 6 nitrogen and oxygen atoms in total. The summed E-state index contributed by atoms with van der Waals surface area (Å²) in [5.41, 5.74) is -0.300. The van der Waals surface area contributed by atoms with Crippen molar-refractivity contribution in [1.29, 1.82) is 0 Å². The molecule has 2 rings (SSSR count). The van der Waals surface area contributed by atoms with Crippen LogP contribution in [0.1, 0.15) is 46.5 Å². The van der Waals surface area contributed by atoms with Crippen LogP contribution in [0.3, 0.4) is 0 Å². The zero-order valence-corrected chi connectivity index (χ0v) is 14.1. The number of rotatable bonds is 2. The van der Waals surface area contributed by atoms with Crippen molar-refractivity contribution in [2.45, 2.75) is 64.2 Å². The maximum atomic E-state index is 12.5. The van der Waals surface area contributed by atoms with Gasteiger partial charge >= 0.3 is 6.03 Å². The minimum Gasteiger partial charge on any atom is -0.369 e. The van der Waals surface area contributed by atoms with Gasteiger partial charge in [-0.1, -0.05) is 0 Å². The number of nitrogens with one attached hydrogen (secondary N) is 2. The minimum atomic E-state index is -0.300. The van der Waals surface area contributed by atoms with E-state index in [-0.39, 0.29) is 35.6 Å². The predicted octanol–water partition coefficient (Wildman–Crippen LogP) is 1.50. The fourth-order valence-corrected chi connectivity index (χ4v) is 3.58. The Hall–Kier alpha value is -1.30. The molecular weight excluding hydrogens is 282 g/mol. The van der Waals surface area contributed by atoms with Crippen LogP contribution in [0.15, 0.2) is 0 Å². The van der Waals surface area contributed by atoms with Gasteiger partial charge < -0.3 is 20.3 Å². The van der Waals surface area contributed by atoms with E-state index in [2.05, 4.69) is 10.6 Å². The van der Waals surface area contributed by atoms with E-state index in [1.54, 1.807) is 7.05 Å².